The lowest BCUT2D eigenvalue weighted by Crippen LogP contribution is -2.53. The fourth-order valence-corrected chi connectivity index (χ4v) is 5.56. The lowest BCUT2D eigenvalue weighted by atomic mass is 9.67. The highest BCUT2D eigenvalue weighted by Crippen LogP contribution is 2.40. The lowest BCUT2D eigenvalue weighted by molar-refractivity contribution is 0.0759. The molecule has 3 N–H and O–H groups in total. The van der Waals surface area contributed by atoms with Crippen molar-refractivity contribution in [1.29, 1.82) is 0 Å². The summed E-state index contributed by atoms with van der Waals surface area (Å²) in [5.41, 5.74) is 7.37. The molecule has 1 aromatic heterocycles. The summed E-state index contributed by atoms with van der Waals surface area (Å²) in [6, 6.07) is 2.69. The minimum absolute atomic E-state index is 0. The average Bonchev–Trinajstić information content (AvgIpc) is 2.92. The number of carbonyl (C=O) groups is 1. The molecule has 0 aromatic carbocycles. The van der Waals surface area contributed by atoms with E-state index in [9.17, 15) is 4.79 Å². The molecule has 3 aliphatic rings. The van der Waals surface area contributed by atoms with Gasteiger partial charge in [0.15, 0.2) is 0 Å². The van der Waals surface area contributed by atoms with Crippen LogP contribution in [0.15, 0.2) is 6.07 Å². The van der Waals surface area contributed by atoms with Crippen LogP contribution in [0.25, 0.3) is 0 Å². The van der Waals surface area contributed by atoms with Gasteiger partial charge in [-0.3, -0.25) is 4.79 Å². The van der Waals surface area contributed by atoms with Gasteiger partial charge in [0.1, 0.15) is 0 Å². The van der Waals surface area contributed by atoms with Crippen molar-refractivity contribution in [1.82, 2.24) is 5.32 Å². The molecule has 6 heteroatoms. The Bertz CT molecular complexity index is 539. The van der Waals surface area contributed by atoms with Gasteiger partial charge in [0.25, 0.3) is 5.91 Å². The number of nitrogens with two attached hydrogens (primary N) is 1. The van der Waals surface area contributed by atoms with Crippen LogP contribution in [0.3, 0.4) is 0 Å². The van der Waals surface area contributed by atoms with Crippen molar-refractivity contribution < 1.29 is 9.53 Å². The predicted octanol–water partition coefficient (Wildman–Crippen LogP) is 2.88. The van der Waals surface area contributed by atoms with Gasteiger partial charge < -0.3 is 15.8 Å². The first kappa shape index (κ1) is 17.2. The summed E-state index contributed by atoms with van der Waals surface area (Å²) in [5, 5.41) is 3.34. The summed E-state index contributed by atoms with van der Waals surface area (Å²) >= 11 is 1.64. The predicted molar refractivity (Wildman–Crippen MR) is 94.2 cm³/mol. The summed E-state index contributed by atoms with van der Waals surface area (Å²) in [7, 11) is 0. The van der Waals surface area contributed by atoms with Gasteiger partial charge in [-0.2, -0.15) is 0 Å². The summed E-state index contributed by atoms with van der Waals surface area (Å²) in [4.78, 5) is 14.8. The van der Waals surface area contributed by atoms with Crippen LogP contribution >= 0.6 is 23.7 Å². The smallest absolute Gasteiger partial charge is 0.261 e. The molecule has 2 saturated carbocycles. The van der Waals surface area contributed by atoms with Crippen LogP contribution in [-0.4, -0.2) is 24.6 Å². The fourth-order valence-electron chi connectivity index (χ4n) is 4.51. The highest BCUT2D eigenvalue weighted by Gasteiger charge is 2.40. The quantitative estimate of drug-likeness (QED) is 0.856. The number of hydrogen-bond donors (Lipinski definition) is 2. The molecule has 2 bridgehead atoms. The van der Waals surface area contributed by atoms with E-state index >= 15 is 0 Å². The third-order valence-electron chi connectivity index (χ3n) is 5.53. The van der Waals surface area contributed by atoms with Crippen molar-refractivity contribution in [3.05, 3.63) is 21.4 Å². The van der Waals surface area contributed by atoms with E-state index in [0.717, 1.165) is 30.7 Å². The first-order valence-electron chi connectivity index (χ1n) is 8.46. The first-order valence-corrected chi connectivity index (χ1v) is 9.28. The molecule has 0 radical (unpaired) electrons. The van der Waals surface area contributed by atoms with Crippen LogP contribution in [-0.2, 0) is 17.8 Å². The van der Waals surface area contributed by atoms with E-state index < -0.39 is 0 Å². The Labute approximate surface area is 147 Å². The molecule has 1 aliphatic heterocycles. The highest BCUT2D eigenvalue weighted by molar-refractivity contribution is 7.14. The molecule has 2 heterocycles. The maximum absolute atomic E-state index is 12.7. The number of thiophene rings is 1. The van der Waals surface area contributed by atoms with Gasteiger partial charge in [0.05, 0.1) is 18.1 Å². The second-order valence-corrected chi connectivity index (χ2v) is 8.18. The molecular weight excluding hydrogens is 332 g/mol. The number of ether oxygens (including phenoxy) is 1. The number of carbonyl (C=O) groups excluding carboxylic acids is 1. The molecule has 2 fully saturated rings. The minimum Gasteiger partial charge on any atom is -0.376 e. The van der Waals surface area contributed by atoms with Gasteiger partial charge in [-0.05, 0) is 49.1 Å². The summed E-state index contributed by atoms with van der Waals surface area (Å²) in [6.07, 6.45) is 6.79. The van der Waals surface area contributed by atoms with Gasteiger partial charge >= 0.3 is 0 Å². The van der Waals surface area contributed by atoms with Gasteiger partial charge in [-0.15, -0.1) is 23.7 Å². The van der Waals surface area contributed by atoms with E-state index in [0.29, 0.717) is 30.5 Å². The standard InChI is InChI=1S/C17H24N2O2S.ClH/c18-13-6-10-2-1-3-11(7-13)16(10)19-17(20)15-8-12-9-21-5-4-14(12)22-15;/h8,10-11,13,16H,1-7,9,18H2,(H,19,20);1H. The zero-order chi connectivity index (χ0) is 15.1. The van der Waals surface area contributed by atoms with E-state index in [2.05, 4.69) is 5.32 Å². The topological polar surface area (TPSA) is 64.3 Å². The van der Waals surface area contributed by atoms with Crippen LogP contribution in [0.1, 0.15) is 52.2 Å². The summed E-state index contributed by atoms with van der Waals surface area (Å²) < 4.78 is 5.47. The Kier molecular flexibility index (Phi) is 5.31. The second-order valence-electron chi connectivity index (χ2n) is 7.04. The normalized spacial score (nSPS) is 32.6. The van der Waals surface area contributed by atoms with Crippen molar-refractivity contribution in [2.75, 3.05) is 6.61 Å². The van der Waals surface area contributed by atoms with E-state index in [-0.39, 0.29) is 18.3 Å². The minimum atomic E-state index is 0. The average molecular weight is 357 g/mol. The third-order valence-corrected chi connectivity index (χ3v) is 6.76. The molecule has 128 valence electrons. The molecule has 1 aromatic rings. The van der Waals surface area contributed by atoms with Crippen molar-refractivity contribution >= 4 is 29.7 Å². The monoisotopic (exact) mass is 356 g/mol. The Balaban J connectivity index is 0.00000156. The van der Waals surface area contributed by atoms with Crippen molar-refractivity contribution in [3.63, 3.8) is 0 Å². The number of rotatable bonds is 2. The van der Waals surface area contributed by atoms with E-state index in [1.807, 2.05) is 6.07 Å². The number of nitrogens with one attached hydrogen (secondary N) is 1. The van der Waals surface area contributed by atoms with Crippen LogP contribution in [0, 0.1) is 11.8 Å². The van der Waals surface area contributed by atoms with E-state index in [4.69, 9.17) is 10.5 Å². The maximum atomic E-state index is 12.7. The van der Waals surface area contributed by atoms with E-state index in [1.165, 1.54) is 29.7 Å². The maximum Gasteiger partial charge on any atom is 0.261 e. The molecular formula is C17H25ClN2O2S. The van der Waals surface area contributed by atoms with Gasteiger partial charge in [0, 0.05) is 23.4 Å². The molecule has 2 aliphatic carbocycles. The Morgan fingerprint density at radius 3 is 2.74 bits per heavy atom. The lowest BCUT2D eigenvalue weighted by Gasteiger charge is -2.45. The number of fused-ring (bicyclic) bond motifs is 3. The summed E-state index contributed by atoms with van der Waals surface area (Å²) in [6.45, 7) is 1.43. The highest BCUT2D eigenvalue weighted by atomic mass is 35.5. The largest absolute Gasteiger partial charge is 0.376 e. The van der Waals surface area contributed by atoms with Crippen LogP contribution in [0.5, 0.6) is 0 Å². The molecule has 2 atom stereocenters. The van der Waals surface area contributed by atoms with Gasteiger partial charge in [-0.25, -0.2) is 0 Å². The molecule has 4 rings (SSSR count). The van der Waals surface area contributed by atoms with Crippen molar-refractivity contribution in [3.8, 4) is 0 Å². The Hall–Kier alpha value is -0.620. The molecule has 0 spiro atoms. The van der Waals surface area contributed by atoms with Crippen molar-refractivity contribution in [2.45, 2.75) is 57.2 Å². The van der Waals surface area contributed by atoms with Gasteiger partial charge in [-0.1, -0.05) is 6.42 Å². The SMILES string of the molecule is Cl.NC1CC2CCCC(C1)C2NC(=O)c1cc2c(s1)CCOC2. The van der Waals surface area contributed by atoms with Crippen molar-refractivity contribution in [2.24, 2.45) is 17.6 Å². The second kappa shape index (κ2) is 7.09. The van der Waals surface area contributed by atoms with Crippen LogP contribution in [0.4, 0.5) is 0 Å². The Morgan fingerprint density at radius 2 is 2.04 bits per heavy atom. The van der Waals surface area contributed by atoms with E-state index in [1.54, 1.807) is 11.3 Å². The fraction of sp³-hybridized carbons (Fsp3) is 0.706. The number of hydrogen-bond acceptors (Lipinski definition) is 4. The molecule has 0 saturated heterocycles. The zero-order valence-electron chi connectivity index (χ0n) is 13.3. The Morgan fingerprint density at radius 1 is 1.30 bits per heavy atom. The first-order chi connectivity index (χ1) is 10.7. The molecule has 1 amide bonds. The zero-order valence-corrected chi connectivity index (χ0v) is 14.9. The number of amides is 1. The summed E-state index contributed by atoms with van der Waals surface area (Å²) in [5.74, 6) is 1.26. The van der Waals surface area contributed by atoms with Crippen LogP contribution in [0.2, 0.25) is 0 Å². The van der Waals surface area contributed by atoms with Crippen LogP contribution < -0.4 is 11.1 Å². The molecule has 2 unspecified atom stereocenters. The molecule has 23 heavy (non-hydrogen) atoms. The number of halogens is 1. The third kappa shape index (κ3) is 3.43. The molecule has 4 nitrogen and oxygen atoms in total. The van der Waals surface area contributed by atoms with Gasteiger partial charge in [0.2, 0.25) is 0 Å².